The number of hydrogen-bond donors (Lipinski definition) is 1. The fraction of sp³-hybridized carbons (Fsp3) is 0.125. The predicted molar refractivity (Wildman–Crippen MR) is 123 cm³/mol. The quantitative estimate of drug-likeness (QED) is 0.408. The van der Waals surface area contributed by atoms with E-state index < -0.39 is 21.8 Å². The molecule has 0 bridgehead atoms. The summed E-state index contributed by atoms with van der Waals surface area (Å²) >= 11 is 0. The molecule has 0 fully saturated rings. The molecule has 33 heavy (non-hydrogen) atoms. The fourth-order valence-corrected chi connectivity index (χ4v) is 4.46. The summed E-state index contributed by atoms with van der Waals surface area (Å²) in [5, 5.41) is 0. The van der Waals surface area contributed by atoms with Crippen LogP contribution in [0.25, 0.3) is 34.3 Å². The number of sulfonamides is 1. The number of aromatic amines is 1. The highest BCUT2D eigenvalue weighted by Gasteiger charge is 2.29. The molecule has 4 aromatic rings. The molecule has 0 amide bonds. The van der Waals surface area contributed by atoms with Gasteiger partial charge in [-0.05, 0) is 47.5 Å². The predicted octanol–water partition coefficient (Wildman–Crippen LogP) is 5.67. The van der Waals surface area contributed by atoms with Gasteiger partial charge in [0.25, 0.3) is 0 Å². The number of alkyl halides is 3. The van der Waals surface area contributed by atoms with Crippen molar-refractivity contribution in [2.45, 2.75) is 11.1 Å². The van der Waals surface area contributed by atoms with Crippen molar-refractivity contribution in [2.75, 3.05) is 14.1 Å². The lowest BCUT2D eigenvalue weighted by atomic mass is 10.1. The van der Waals surface area contributed by atoms with E-state index in [0.717, 1.165) is 17.6 Å². The molecule has 1 aromatic heterocycles. The number of nitrogens with zero attached hydrogens (tertiary/aromatic N) is 2. The SMILES string of the molecule is CN(C)S(=O)(=O)c1ccccc1-c1ccc2[nH]c(C=Cc3ccc(C(F)(F)F)cc3)nc2c1. The lowest BCUT2D eigenvalue weighted by Crippen LogP contribution is -2.22. The van der Waals surface area contributed by atoms with Crippen molar-refractivity contribution in [3.63, 3.8) is 0 Å². The van der Waals surface area contributed by atoms with Crippen LogP contribution in [0.5, 0.6) is 0 Å². The first-order chi connectivity index (χ1) is 15.6. The van der Waals surface area contributed by atoms with Gasteiger partial charge in [-0.2, -0.15) is 13.2 Å². The molecule has 0 aliphatic rings. The van der Waals surface area contributed by atoms with Gasteiger partial charge < -0.3 is 4.98 Å². The molecule has 0 spiro atoms. The highest BCUT2D eigenvalue weighted by Crippen LogP contribution is 2.31. The third-order valence-corrected chi connectivity index (χ3v) is 7.00. The Morgan fingerprint density at radius 2 is 1.64 bits per heavy atom. The zero-order valence-corrected chi connectivity index (χ0v) is 18.6. The number of halogens is 3. The zero-order chi connectivity index (χ0) is 23.8. The fourth-order valence-electron chi connectivity index (χ4n) is 3.36. The summed E-state index contributed by atoms with van der Waals surface area (Å²) in [5.74, 6) is 0.524. The Labute approximate surface area is 189 Å². The van der Waals surface area contributed by atoms with Gasteiger partial charge in [0.05, 0.1) is 21.5 Å². The highest BCUT2D eigenvalue weighted by atomic mass is 32.2. The molecule has 0 atom stereocenters. The van der Waals surface area contributed by atoms with E-state index in [2.05, 4.69) is 9.97 Å². The van der Waals surface area contributed by atoms with Gasteiger partial charge in [-0.3, -0.25) is 0 Å². The highest BCUT2D eigenvalue weighted by molar-refractivity contribution is 7.89. The van der Waals surface area contributed by atoms with Crippen molar-refractivity contribution >= 4 is 33.2 Å². The normalized spacial score (nSPS) is 12.8. The van der Waals surface area contributed by atoms with Crippen LogP contribution in [0.4, 0.5) is 13.2 Å². The van der Waals surface area contributed by atoms with Crippen molar-refractivity contribution in [2.24, 2.45) is 0 Å². The maximum Gasteiger partial charge on any atom is 0.416 e. The Bertz CT molecular complexity index is 1440. The molecule has 0 saturated heterocycles. The number of fused-ring (bicyclic) bond motifs is 1. The van der Waals surface area contributed by atoms with E-state index in [1.54, 1.807) is 42.5 Å². The Morgan fingerprint density at radius 3 is 2.30 bits per heavy atom. The van der Waals surface area contributed by atoms with Crippen LogP contribution in [-0.4, -0.2) is 36.8 Å². The molecular weight excluding hydrogens is 451 g/mol. The standard InChI is InChI=1S/C24H20F3N3O2S/c1-30(2)33(31,32)22-6-4-3-5-19(22)17-10-13-20-21(15-17)29-23(28-20)14-9-16-7-11-18(12-8-16)24(25,26)27/h3-15H,1-2H3,(H,28,29). The van der Waals surface area contributed by atoms with Crippen LogP contribution >= 0.6 is 0 Å². The molecule has 170 valence electrons. The maximum atomic E-state index is 12.7. The van der Waals surface area contributed by atoms with Crippen molar-refractivity contribution in [3.8, 4) is 11.1 Å². The molecule has 0 aliphatic heterocycles. The van der Waals surface area contributed by atoms with Gasteiger partial charge in [0.2, 0.25) is 10.0 Å². The van der Waals surface area contributed by atoms with Crippen LogP contribution in [0.1, 0.15) is 17.0 Å². The van der Waals surface area contributed by atoms with E-state index in [9.17, 15) is 21.6 Å². The van der Waals surface area contributed by atoms with Crippen molar-refractivity contribution < 1.29 is 21.6 Å². The van der Waals surface area contributed by atoms with E-state index in [4.69, 9.17) is 0 Å². The number of aromatic nitrogens is 2. The number of nitrogens with one attached hydrogen (secondary N) is 1. The number of imidazole rings is 1. The van der Waals surface area contributed by atoms with E-state index in [1.165, 1.54) is 30.5 Å². The van der Waals surface area contributed by atoms with E-state index in [1.807, 2.05) is 12.1 Å². The summed E-state index contributed by atoms with van der Waals surface area (Å²) in [6.45, 7) is 0. The van der Waals surface area contributed by atoms with Gasteiger partial charge in [0, 0.05) is 19.7 Å². The Hall–Kier alpha value is -3.43. The molecule has 5 nitrogen and oxygen atoms in total. The number of H-pyrrole nitrogens is 1. The topological polar surface area (TPSA) is 66.1 Å². The molecule has 0 unspecified atom stereocenters. The second kappa shape index (κ2) is 8.49. The van der Waals surface area contributed by atoms with Crippen molar-refractivity contribution in [3.05, 3.63) is 83.7 Å². The molecule has 3 aromatic carbocycles. The van der Waals surface area contributed by atoms with Crippen LogP contribution < -0.4 is 0 Å². The summed E-state index contributed by atoms with van der Waals surface area (Å²) < 4.78 is 64.7. The lowest BCUT2D eigenvalue weighted by molar-refractivity contribution is -0.137. The van der Waals surface area contributed by atoms with E-state index >= 15 is 0 Å². The van der Waals surface area contributed by atoms with Crippen LogP contribution in [0.3, 0.4) is 0 Å². The molecule has 1 N–H and O–H groups in total. The molecule has 0 aliphatic carbocycles. The largest absolute Gasteiger partial charge is 0.416 e. The van der Waals surface area contributed by atoms with E-state index in [0.29, 0.717) is 28.0 Å². The maximum absolute atomic E-state index is 12.7. The summed E-state index contributed by atoms with van der Waals surface area (Å²) in [6.07, 6.45) is -1.03. The Kier molecular flexibility index (Phi) is 5.85. The molecule has 1 heterocycles. The zero-order valence-electron chi connectivity index (χ0n) is 17.8. The Balaban J connectivity index is 1.65. The van der Waals surface area contributed by atoms with Crippen LogP contribution in [0.15, 0.2) is 71.6 Å². The third kappa shape index (κ3) is 4.69. The molecule has 9 heteroatoms. The third-order valence-electron chi connectivity index (χ3n) is 5.13. The monoisotopic (exact) mass is 471 g/mol. The van der Waals surface area contributed by atoms with Crippen molar-refractivity contribution in [1.29, 1.82) is 0 Å². The molecule has 4 rings (SSSR count). The molecule has 0 radical (unpaired) electrons. The van der Waals surface area contributed by atoms with Gasteiger partial charge in [-0.1, -0.05) is 42.5 Å². The number of rotatable bonds is 5. The number of hydrogen-bond acceptors (Lipinski definition) is 3. The second-order valence-electron chi connectivity index (χ2n) is 7.59. The lowest BCUT2D eigenvalue weighted by Gasteiger charge is -2.15. The van der Waals surface area contributed by atoms with Crippen molar-refractivity contribution in [1.82, 2.24) is 14.3 Å². The summed E-state index contributed by atoms with van der Waals surface area (Å²) in [4.78, 5) is 7.86. The minimum Gasteiger partial charge on any atom is -0.338 e. The minimum absolute atomic E-state index is 0.201. The Morgan fingerprint density at radius 1 is 0.939 bits per heavy atom. The minimum atomic E-state index is -4.37. The summed E-state index contributed by atoms with van der Waals surface area (Å²) in [5.41, 5.74) is 2.56. The number of benzene rings is 3. The van der Waals surface area contributed by atoms with Gasteiger partial charge in [-0.25, -0.2) is 17.7 Å². The average Bonchev–Trinajstić information content (AvgIpc) is 3.19. The van der Waals surface area contributed by atoms with Crippen LogP contribution in [-0.2, 0) is 16.2 Å². The first kappa shape index (κ1) is 22.8. The van der Waals surface area contributed by atoms with Gasteiger partial charge in [0.1, 0.15) is 5.82 Å². The van der Waals surface area contributed by atoms with Gasteiger partial charge >= 0.3 is 6.18 Å². The second-order valence-corrected chi connectivity index (χ2v) is 9.71. The summed E-state index contributed by atoms with van der Waals surface area (Å²) in [7, 11) is -0.663. The first-order valence-electron chi connectivity index (χ1n) is 9.93. The molecule has 0 saturated carbocycles. The van der Waals surface area contributed by atoms with Gasteiger partial charge in [0.15, 0.2) is 0 Å². The average molecular weight is 472 g/mol. The van der Waals surface area contributed by atoms with Gasteiger partial charge in [-0.15, -0.1) is 0 Å². The van der Waals surface area contributed by atoms with E-state index in [-0.39, 0.29) is 4.90 Å². The molecular formula is C24H20F3N3O2S. The van der Waals surface area contributed by atoms with Crippen LogP contribution in [0, 0.1) is 0 Å². The smallest absolute Gasteiger partial charge is 0.338 e. The first-order valence-corrected chi connectivity index (χ1v) is 11.4. The van der Waals surface area contributed by atoms with Crippen LogP contribution in [0.2, 0.25) is 0 Å². The summed E-state index contributed by atoms with van der Waals surface area (Å²) in [6, 6.07) is 17.0.